The molecule has 0 bridgehead atoms. The van der Waals surface area contributed by atoms with Crippen LogP contribution in [0.3, 0.4) is 0 Å². The number of halogens is 3. The fourth-order valence-electron chi connectivity index (χ4n) is 3.42. The molecule has 0 unspecified atom stereocenters. The second-order valence-corrected chi connectivity index (χ2v) is 10.5. The fraction of sp³-hybridized carbons (Fsp3) is 0.529. The molecule has 3 heterocycles. The van der Waals surface area contributed by atoms with Gasteiger partial charge in [-0.2, -0.15) is 9.40 Å². The number of hydrogen-bond acceptors (Lipinski definition) is 5. The number of piperazine rings is 1. The lowest BCUT2D eigenvalue weighted by molar-refractivity contribution is -0.133. The molecule has 1 amide bonds. The lowest BCUT2D eigenvalue weighted by Gasteiger charge is -2.33. The van der Waals surface area contributed by atoms with Gasteiger partial charge in [0.15, 0.2) is 0 Å². The highest BCUT2D eigenvalue weighted by Gasteiger charge is 2.35. The van der Waals surface area contributed by atoms with Crippen molar-refractivity contribution in [3.63, 3.8) is 0 Å². The average Bonchev–Trinajstić information content (AvgIpc) is 3.24. The Morgan fingerprint density at radius 1 is 1.28 bits per heavy atom. The predicted molar refractivity (Wildman–Crippen MR) is 104 cm³/mol. The number of hydrogen-bond donors (Lipinski definition) is 0. The van der Waals surface area contributed by atoms with Crippen molar-refractivity contribution in [3.8, 4) is 0 Å². The van der Waals surface area contributed by atoms with Crippen LogP contribution in [0.1, 0.15) is 36.6 Å². The first-order valence-electron chi connectivity index (χ1n) is 9.14. The lowest BCUT2D eigenvalue weighted by Crippen LogP contribution is -2.51. The second-order valence-electron chi connectivity index (χ2n) is 7.03. The number of thiophene rings is 1. The van der Waals surface area contributed by atoms with Crippen LogP contribution in [0.2, 0.25) is 5.02 Å². The number of nitrogens with zero attached hydrogens (tertiary/aromatic N) is 4. The van der Waals surface area contributed by atoms with E-state index in [1.807, 2.05) is 0 Å². The van der Waals surface area contributed by atoms with E-state index < -0.39 is 22.1 Å². The van der Waals surface area contributed by atoms with Gasteiger partial charge in [-0.05, 0) is 24.3 Å². The minimum atomic E-state index is -3.55. The molecule has 2 fully saturated rings. The molecule has 158 valence electrons. The topological polar surface area (TPSA) is 75.5 Å². The maximum atomic E-state index is 13.2. The van der Waals surface area contributed by atoms with Gasteiger partial charge in [0.25, 0.3) is 16.4 Å². The Morgan fingerprint density at radius 3 is 2.52 bits per heavy atom. The summed E-state index contributed by atoms with van der Waals surface area (Å²) in [6.07, 6.45) is -1.13. The Hall–Kier alpha value is -1.56. The molecule has 2 aliphatic rings. The van der Waals surface area contributed by atoms with Gasteiger partial charge in [-0.3, -0.25) is 9.48 Å². The third-order valence-electron chi connectivity index (χ3n) is 5.09. The molecule has 4 rings (SSSR count). The molecule has 2 aromatic heterocycles. The second kappa shape index (κ2) is 7.93. The summed E-state index contributed by atoms with van der Waals surface area (Å²) in [5.41, 5.74) is 0.00227. The molecule has 1 saturated carbocycles. The van der Waals surface area contributed by atoms with Gasteiger partial charge in [0.2, 0.25) is 5.91 Å². The average molecular weight is 465 g/mol. The normalized spacial score (nSPS) is 18.6. The summed E-state index contributed by atoms with van der Waals surface area (Å²) in [4.78, 5) is 14.2. The highest BCUT2D eigenvalue weighted by atomic mass is 35.5. The van der Waals surface area contributed by atoms with Crippen LogP contribution in [-0.4, -0.2) is 59.5 Å². The van der Waals surface area contributed by atoms with Crippen molar-refractivity contribution in [1.82, 2.24) is 19.0 Å². The summed E-state index contributed by atoms with van der Waals surface area (Å²) in [6.45, 7) is 0.654. The van der Waals surface area contributed by atoms with Gasteiger partial charge < -0.3 is 4.90 Å². The predicted octanol–water partition coefficient (Wildman–Crippen LogP) is 2.95. The highest BCUT2D eigenvalue weighted by molar-refractivity contribution is 7.91. The van der Waals surface area contributed by atoms with Gasteiger partial charge in [-0.25, -0.2) is 17.2 Å². The Kier molecular flexibility index (Phi) is 5.66. The zero-order valence-electron chi connectivity index (χ0n) is 15.3. The fourth-order valence-corrected chi connectivity index (χ4v) is 6.36. The van der Waals surface area contributed by atoms with Crippen molar-refractivity contribution in [2.75, 3.05) is 26.2 Å². The maximum Gasteiger partial charge on any atom is 0.283 e. The van der Waals surface area contributed by atoms with Crippen molar-refractivity contribution >= 4 is 38.9 Å². The van der Waals surface area contributed by atoms with E-state index in [2.05, 4.69) is 5.10 Å². The lowest BCUT2D eigenvalue weighted by atomic mass is 10.2. The third kappa shape index (κ3) is 4.05. The van der Waals surface area contributed by atoms with Crippen LogP contribution in [0.25, 0.3) is 0 Å². The minimum Gasteiger partial charge on any atom is -0.338 e. The summed E-state index contributed by atoms with van der Waals surface area (Å²) in [6, 6.07) is 3.23. The highest BCUT2D eigenvalue weighted by Crippen LogP contribution is 2.45. The number of rotatable bonds is 6. The molecule has 0 spiro atoms. The van der Waals surface area contributed by atoms with Crippen LogP contribution in [0, 0.1) is 0 Å². The van der Waals surface area contributed by atoms with E-state index in [1.165, 1.54) is 13.9 Å². The smallest absolute Gasteiger partial charge is 0.283 e. The van der Waals surface area contributed by atoms with Gasteiger partial charge in [0, 0.05) is 32.1 Å². The van der Waals surface area contributed by atoms with Crippen LogP contribution in [0.5, 0.6) is 0 Å². The number of sulfonamides is 1. The Balaban J connectivity index is 1.43. The third-order valence-corrected chi connectivity index (χ3v) is 8.75. The monoisotopic (exact) mass is 464 g/mol. The van der Waals surface area contributed by atoms with Gasteiger partial charge in [0.05, 0.1) is 10.7 Å². The van der Waals surface area contributed by atoms with Crippen LogP contribution >= 0.6 is 22.9 Å². The number of alkyl halides is 2. The summed E-state index contributed by atoms with van der Waals surface area (Å²) in [5.74, 6) is -0.233. The van der Waals surface area contributed by atoms with Crippen LogP contribution in [0.4, 0.5) is 8.78 Å². The van der Waals surface area contributed by atoms with Crippen molar-refractivity contribution in [2.45, 2.75) is 35.9 Å². The standard InChI is InChI=1S/C17H19ClF2N4O3S2/c18-14-15(17(19)20)21-24(16(14)11-3-4-11)10-12(25)22-5-7-23(8-6-22)29(26,27)13-2-1-9-28-13/h1-2,9,11,17H,3-8,10H2. The Bertz CT molecular complexity index is 998. The largest absolute Gasteiger partial charge is 0.338 e. The Labute approximate surface area is 175 Å². The number of aromatic nitrogens is 2. The van der Waals surface area contributed by atoms with Crippen LogP contribution in [-0.2, 0) is 21.4 Å². The first-order chi connectivity index (χ1) is 13.8. The molecule has 12 heteroatoms. The van der Waals surface area contributed by atoms with Crippen LogP contribution < -0.4 is 0 Å². The van der Waals surface area contributed by atoms with E-state index in [0.717, 1.165) is 24.2 Å². The van der Waals surface area contributed by atoms with Gasteiger partial charge in [-0.15, -0.1) is 11.3 Å². The molecule has 0 radical (unpaired) electrons. The number of amides is 1. The zero-order valence-corrected chi connectivity index (χ0v) is 17.7. The quantitative estimate of drug-likeness (QED) is 0.658. The van der Waals surface area contributed by atoms with Gasteiger partial charge >= 0.3 is 0 Å². The first kappa shape index (κ1) is 20.7. The molecule has 1 aliphatic heterocycles. The van der Waals surface area contributed by atoms with Gasteiger partial charge in [-0.1, -0.05) is 17.7 Å². The Morgan fingerprint density at radius 2 is 1.97 bits per heavy atom. The van der Waals surface area contributed by atoms with E-state index in [9.17, 15) is 22.0 Å². The molecule has 0 N–H and O–H groups in total. The summed E-state index contributed by atoms with van der Waals surface area (Å²) in [7, 11) is -3.55. The SMILES string of the molecule is O=C(Cn1nc(C(F)F)c(Cl)c1C1CC1)N1CCN(S(=O)(=O)c2cccs2)CC1. The molecule has 0 atom stereocenters. The molecule has 2 aromatic rings. The summed E-state index contributed by atoms with van der Waals surface area (Å²) in [5, 5.41) is 5.52. The number of carbonyl (C=O) groups is 1. The summed E-state index contributed by atoms with van der Waals surface area (Å²) >= 11 is 7.24. The van der Waals surface area contributed by atoms with Crippen molar-refractivity contribution in [1.29, 1.82) is 0 Å². The van der Waals surface area contributed by atoms with E-state index in [4.69, 9.17) is 11.6 Å². The van der Waals surface area contributed by atoms with E-state index in [1.54, 1.807) is 17.5 Å². The van der Waals surface area contributed by atoms with E-state index >= 15 is 0 Å². The molecular weight excluding hydrogens is 446 g/mol. The summed E-state index contributed by atoms with van der Waals surface area (Å²) < 4.78 is 54.4. The molecule has 1 saturated heterocycles. The molecule has 29 heavy (non-hydrogen) atoms. The van der Waals surface area contributed by atoms with Crippen molar-refractivity contribution in [2.24, 2.45) is 0 Å². The minimum absolute atomic E-state index is 0.0536. The van der Waals surface area contributed by atoms with Crippen molar-refractivity contribution < 1.29 is 22.0 Å². The zero-order chi connectivity index (χ0) is 20.8. The van der Waals surface area contributed by atoms with Crippen molar-refractivity contribution in [3.05, 3.63) is 33.9 Å². The maximum absolute atomic E-state index is 13.2. The number of carbonyl (C=O) groups excluding carboxylic acids is 1. The molecular formula is C17H19ClF2N4O3S2. The molecule has 1 aliphatic carbocycles. The molecule has 0 aromatic carbocycles. The van der Waals surface area contributed by atoms with E-state index in [0.29, 0.717) is 5.69 Å². The molecule has 7 nitrogen and oxygen atoms in total. The van der Waals surface area contributed by atoms with Gasteiger partial charge in [0.1, 0.15) is 16.4 Å². The van der Waals surface area contributed by atoms with Crippen LogP contribution in [0.15, 0.2) is 21.7 Å². The van der Waals surface area contributed by atoms with E-state index in [-0.39, 0.29) is 53.8 Å². The first-order valence-corrected chi connectivity index (χ1v) is 11.8.